The highest BCUT2D eigenvalue weighted by Crippen LogP contribution is 2.40. The van der Waals surface area contributed by atoms with Gasteiger partial charge < -0.3 is 23.3 Å². The van der Waals surface area contributed by atoms with Crippen molar-refractivity contribution in [1.29, 1.82) is 0 Å². The Morgan fingerprint density at radius 3 is 1.08 bits per heavy atom. The zero-order valence-electron chi connectivity index (χ0n) is 39.1. The molecular formula is C62H39BCl2N4O5. The molecule has 0 amide bonds. The summed E-state index contributed by atoms with van der Waals surface area (Å²) in [6.45, 7) is 0. The number of rotatable bonds is 6. The highest BCUT2D eigenvalue weighted by Gasteiger charge is 2.17. The zero-order valence-corrected chi connectivity index (χ0v) is 40.6. The lowest BCUT2D eigenvalue weighted by Crippen LogP contribution is -2.29. The van der Waals surface area contributed by atoms with Gasteiger partial charge in [0.05, 0.1) is 11.4 Å². The molecule has 0 spiro atoms. The smallest absolute Gasteiger partial charge is 0.455 e. The molecule has 0 bridgehead atoms. The van der Waals surface area contributed by atoms with E-state index in [-0.39, 0.29) is 0 Å². The molecule has 0 fully saturated rings. The van der Waals surface area contributed by atoms with E-state index in [1.165, 1.54) is 12.4 Å². The van der Waals surface area contributed by atoms with Crippen molar-refractivity contribution in [3.05, 3.63) is 235 Å². The molecule has 0 saturated heterocycles. The van der Waals surface area contributed by atoms with E-state index in [1.807, 2.05) is 91.0 Å². The Kier molecular flexibility index (Phi) is 12.5. The molecule has 0 aliphatic rings. The van der Waals surface area contributed by atoms with Crippen LogP contribution in [0.4, 0.5) is 0 Å². The van der Waals surface area contributed by atoms with Gasteiger partial charge in [0.1, 0.15) is 56.5 Å². The number of benzene rings is 9. The Morgan fingerprint density at radius 2 is 0.676 bits per heavy atom. The number of aromatic nitrogens is 4. The molecule has 0 radical (unpaired) electrons. The molecule has 14 rings (SSSR count). The van der Waals surface area contributed by atoms with Crippen LogP contribution in [0, 0.1) is 0 Å². The van der Waals surface area contributed by atoms with Crippen LogP contribution in [0.15, 0.2) is 238 Å². The lowest BCUT2D eigenvalue weighted by atomic mass is 9.79. The molecular weight excluding hydrogens is 962 g/mol. The van der Waals surface area contributed by atoms with E-state index < -0.39 is 7.12 Å². The van der Waals surface area contributed by atoms with Gasteiger partial charge in [-0.2, -0.15) is 0 Å². The highest BCUT2D eigenvalue weighted by molar-refractivity contribution is 6.58. The molecule has 2 N–H and O–H groups in total. The first kappa shape index (κ1) is 46.2. The first-order chi connectivity index (χ1) is 36.3. The second-order valence-electron chi connectivity index (χ2n) is 17.5. The third-order valence-electron chi connectivity index (χ3n) is 12.9. The van der Waals surface area contributed by atoms with Crippen LogP contribution >= 0.6 is 23.2 Å². The monoisotopic (exact) mass is 1000 g/mol. The quantitative estimate of drug-likeness (QED) is 0.123. The maximum Gasteiger partial charge on any atom is 0.488 e. The molecule has 0 atom stereocenters. The van der Waals surface area contributed by atoms with Crippen LogP contribution in [-0.2, 0) is 0 Å². The Morgan fingerprint density at radius 1 is 0.324 bits per heavy atom. The van der Waals surface area contributed by atoms with Crippen LogP contribution < -0.4 is 5.46 Å². The fourth-order valence-corrected chi connectivity index (χ4v) is 9.82. The van der Waals surface area contributed by atoms with Crippen molar-refractivity contribution in [1.82, 2.24) is 19.9 Å². The maximum absolute atomic E-state index is 9.35. The second kappa shape index (κ2) is 20.0. The summed E-state index contributed by atoms with van der Waals surface area (Å²) in [7, 11) is -1.48. The first-order valence-electron chi connectivity index (χ1n) is 23.7. The number of furan rings is 3. The summed E-state index contributed by atoms with van der Waals surface area (Å²) in [6.07, 6.45) is 2.95. The van der Waals surface area contributed by atoms with Crippen molar-refractivity contribution in [2.45, 2.75) is 0 Å². The van der Waals surface area contributed by atoms with Crippen LogP contribution in [0.1, 0.15) is 0 Å². The highest BCUT2D eigenvalue weighted by atomic mass is 35.5. The van der Waals surface area contributed by atoms with Gasteiger partial charge in [0.15, 0.2) is 0 Å². The van der Waals surface area contributed by atoms with E-state index in [1.54, 1.807) is 18.5 Å². The molecule has 74 heavy (non-hydrogen) atoms. The van der Waals surface area contributed by atoms with E-state index >= 15 is 0 Å². The van der Waals surface area contributed by atoms with Crippen molar-refractivity contribution in [3.63, 3.8) is 0 Å². The van der Waals surface area contributed by atoms with Gasteiger partial charge in [-0.15, -0.1) is 0 Å². The standard InChI is InChI=1S/C40H24N2O2.C18H13BO3.C4H2Cl2N2/c1-3-19-37-31(13-1)33-17-7-15-29(39(33)43-37)25-9-5-11-27(21-25)35-23-36(42-24-41-35)28-12-6-10-26(22-28)30-16-8-18-34-32-14-2-4-20-38(32)44-40(30)34;20-19(21)13-6-3-5-12(11-13)14-8-4-9-16-15-7-1-2-10-17(15)22-18(14)16;5-3-1-4(6)8-2-7-3/h1-24H;1-11,20-21H;1-2H. The first-order valence-corrected chi connectivity index (χ1v) is 24.4. The Balaban J connectivity index is 0.000000153. The van der Waals surface area contributed by atoms with Crippen LogP contribution in [0.3, 0.4) is 0 Å². The molecule has 0 aliphatic carbocycles. The summed E-state index contributed by atoms with van der Waals surface area (Å²) in [5.41, 5.74) is 15.6. The minimum Gasteiger partial charge on any atom is -0.455 e. The van der Waals surface area contributed by atoms with E-state index in [0.29, 0.717) is 15.8 Å². The molecule has 5 aromatic heterocycles. The second-order valence-corrected chi connectivity index (χ2v) is 18.2. The van der Waals surface area contributed by atoms with Crippen LogP contribution in [0.25, 0.3) is 122 Å². The zero-order chi connectivity index (χ0) is 50.1. The van der Waals surface area contributed by atoms with Gasteiger partial charge in [-0.3, -0.25) is 0 Å². The summed E-state index contributed by atoms with van der Waals surface area (Å²) in [5.74, 6) is 0. The van der Waals surface area contributed by atoms with Gasteiger partial charge in [0.2, 0.25) is 0 Å². The number of hydrogen-bond donors (Lipinski definition) is 2. The fraction of sp³-hybridized carbons (Fsp3) is 0. The Bertz CT molecular complexity index is 4190. The fourth-order valence-electron chi connectivity index (χ4n) is 9.47. The minimum absolute atomic E-state index is 0.366. The molecule has 9 aromatic carbocycles. The lowest BCUT2D eigenvalue weighted by molar-refractivity contribution is 0.426. The number of para-hydroxylation sites is 6. The summed E-state index contributed by atoms with van der Waals surface area (Å²) >= 11 is 10.8. The normalized spacial score (nSPS) is 11.2. The number of hydrogen-bond acceptors (Lipinski definition) is 9. The van der Waals surface area contributed by atoms with E-state index in [2.05, 4.69) is 123 Å². The molecule has 0 unspecified atom stereocenters. The van der Waals surface area contributed by atoms with Crippen molar-refractivity contribution < 1.29 is 23.3 Å². The van der Waals surface area contributed by atoms with E-state index in [4.69, 9.17) is 36.5 Å². The third-order valence-corrected chi connectivity index (χ3v) is 13.3. The average molecular weight is 1000 g/mol. The molecule has 0 aliphatic heterocycles. The predicted molar refractivity (Wildman–Crippen MR) is 299 cm³/mol. The maximum atomic E-state index is 9.35. The molecule has 0 saturated carbocycles. The van der Waals surface area contributed by atoms with Gasteiger partial charge in [-0.25, -0.2) is 19.9 Å². The number of fused-ring (bicyclic) bond motifs is 9. The van der Waals surface area contributed by atoms with Crippen LogP contribution in [0.5, 0.6) is 0 Å². The molecule has 14 aromatic rings. The van der Waals surface area contributed by atoms with Crippen molar-refractivity contribution in [2.75, 3.05) is 0 Å². The van der Waals surface area contributed by atoms with Gasteiger partial charge >= 0.3 is 7.12 Å². The van der Waals surface area contributed by atoms with Crippen molar-refractivity contribution >= 4 is 102 Å². The van der Waals surface area contributed by atoms with Gasteiger partial charge in [-0.05, 0) is 58.6 Å². The molecule has 12 heteroatoms. The van der Waals surface area contributed by atoms with Crippen LogP contribution in [-0.4, -0.2) is 37.1 Å². The van der Waals surface area contributed by atoms with Crippen molar-refractivity contribution in [3.8, 4) is 55.9 Å². The average Bonchev–Trinajstić information content (AvgIpc) is 4.15. The van der Waals surface area contributed by atoms with Crippen molar-refractivity contribution in [2.24, 2.45) is 0 Å². The number of halogens is 2. The Hall–Kier alpha value is -8.90. The molecule has 5 heterocycles. The van der Waals surface area contributed by atoms with Gasteiger partial charge in [0, 0.05) is 66.2 Å². The minimum atomic E-state index is -1.48. The summed E-state index contributed by atoms with van der Waals surface area (Å²) < 4.78 is 18.7. The largest absolute Gasteiger partial charge is 0.488 e. The topological polar surface area (TPSA) is 131 Å². The summed E-state index contributed by atoms with van der Waals surface area (Å²) in [5, 5.41) is 26.1. The van der Waals surface area contributed by atoms with Gasteiger partial charge in [0.25, 0.3) is 0 Å². The van der Waals surface area contributed by atoms with Gasteiger partial charge in [-0.1, -0.05) is 193 Å². The number of nitrogens with zero attached hydrogens (tertiary/aromatic N) is 4. The lowest BCUT2D eigenvalue weighted by Gasteiger charge is -2.09. The van der Waals surface area contributed by atoms with Crippen LogP contribution in [0.2, 0.25) is 10.3 Å². The van der Waals surface area contributed by atoms with E-state index in [9.17, 15) is 10.0 Å². The SMILES string of the molecule is Clc1cc(Cl)ncn1.OB(O)c1cccc(-c2cccc3c2oc2ccccc23)c1.c1cc(-c2cc(-c3cccc(-c4cccc5c4oc4ccccc45)c3)ncn2)cc(-c2cccc3c2oc2ccccc23)c1. The molecule has 354 valence electrons. The third kappa shape index (κ3) is 9.04. The summed E-state index contributed by atoms with van der Waals surface area (Å²) in [4.78, 5) is 16.5. The predicted octanol–water partition coefficient (Wildman–Crippen LogP) is 15.7. The van der Waals surface area contributed by atoms with E-state index in [0.717, 1.165) is 122 Å². The summed E-state index contributed by atoms with van der Waals surface area (Å²) in [6, 6.07) is 70.6. The Labute approximate surface area is 433 Å². The molecule has 9 nitrogen and oxygen atoms in total.